The van der Waals surface area contributed by atoms with Gasteiger partial charge in [0.15, 0.2) is 17.5 Å². The number of aliphatic imine (C=N–C) groups is 1. The number of guanidine groups is 1. The zero-order valence-corrected chi connectivity index (χ0v) is 20.4. The Labute approximate surface area is 194 Å². The van der Waals surface area contributed by atoms with Gasteiger partial charge in [-0.2, -0.15) is 8.78 Å². The van der Waals surface area contributed by atoms with E-state index >= 15 is 0 Å². The third kappa shape index (κ3) is 8.38. The lowest BCUT2D eigenvalue weighted by Gasteiger charge is -2.41. The maximum absolute atomic E-state index is 12.5. The largest absolute Gasteiger partial charge is 0.490 e. The maximum atomic E-state index is 12.5. The van der Waals surface area contributed by atoms with Gasteiger partial charge in [-0.05, 0) is 38.5 Å². The van der Waals surface area contributed by atoms with E-state index in [1.54, 1.807) is 26.1 Å². The summed E-state index contributed by atoms with van der Waals surface area (Å²) in [5.74, 6) is 0.987. The van der Waals surface area contributed by atoms with Crippen LogP contribution in [0, 0.1) is 0 Å². The Kier molecular flexibility index (Phi) is 11.6. The van der Waals surface area contributed by atoms with Crippen LogP contribution < -0.4 is 20.1 Å². The quantitative estimate of drug-likeness (QED) is 0.284. The van der Waals surface area contributed by atoms with Crippen LogP contribution in [0.4, 0.5) is 8.78 Å². The molecule has 1 aromatic carbocycles. The first-order valence-electron chi connectivity index (χ1n) is 9.83. The predicted octanol–water partition coefficient (Wildman–Crippen LogP) is 3.08. The molecule has 1 aromatic rings. The number of hydrogen-bond donors (Lipinski definition) is 2. The SMILES string of the molecule is CCOc1cc(CNC(=NC)NCC(C)(C)N2CCOCC2)ccc1OC(F)F.I. The molecule has 1 aliphatic heterocycles. The van der Waals surface area contributed by atoms with Crippen molar-refractivity contribution in [3.05, 3.63) is 23.8 Å². The molecule has 0 saturated carbocycles. The minimum Gasteiger partial charge on any atom is -0.490 e. The van der Waals surface area contributed by atoms with Gasteiger partial charge in [0.2, 0.25) is 0 Å². The van der Waals surface area contributed by atoms with Crippen LogP contribution in [0.25, 0.3) is 0 Å². The van der Waals surface area contributed by atoms with Crippen molar-refractivity contribution in [2.24, 2.45) is 4.99 Å². The van der Waals surface area contributed by atoms with Gasteiger partial charge in [-0.1, -0.05) is 6.07 Å². The number of morpholine rings is 1. The number of ether oxygens (including phenoxy) is 3. The molecule has 0 amide bonds. The van der Waals surface area contributed by atoms with Crippen molar-refractivity contribution in [3.63, 3.8) is 0 Å². The molecular weight excluding hydrogens is 509 g/mol. The number of nitrogens with zero attached hydrogens (tertiary/aromatic N) is 2. The molecule has 1 heterocycles. The highest BCUT2D eigenvalue weighted by Crippen LogP contribution is 2.29. The second-order valence-corrected chi connectivity index (χ2v) is 7.28. The Morgan fingerprint density at radius 1 is 1.23 bits per heavy atom. The van der Waals surface area contributed by atoms with E-state index in [0.717, 1.165) is 38.4 Å². The lowest BCUT2D eigenvalue weighted by Crippen LogP contribution is -2.56. The van der Waals surface area contributed by atoms with Crippen molar-refractivity contribution < 1.29 is 23.0 Å². The molecule has 0 aromatic heterocycles. The molecule has 1 aliphatic rings. The minimum atomic E-state index is -2.89. The molecule has 0 atom stereocenters. The molecule has 1 fully saturated rings. The number of halogens is 3. The van der Waals surface area contributed by atoms with Gasteiger partial charge >= 0.3 is 6.61 Å². The molecule has 7 nitrogen and oxygen atoms in total. The van der Waals surface area contributed by atoms with Gasteiger partial charge in [-0.3, -0.25) is 9.89 Å². The second-order valence-electron chi connectivity index (χ2n) is 7.28. The van der Waals surface area contributed by atoms with Crippen molar-refractivity contribution in [2.45, 2.75) is 39.5 Å². The summed E-state index contributed by atoms with van der Waals surface area (Å²) in [7, 11) is 1.71. The Morgan fingerprint density at radius 2 is 1.93 bits per heavy atom. The first-order chi connectivity index (χ1) is 13.9. The number of rotatable bonds is 9. The van der Waals surface area contributed by atoms with Crippen LogP contribution in [-0.4, -0.2) is 69.5 Å². The minimum absolute atomic E-state index is 0. The highest BCUT2D eigenvalue weighted by Gasteiger charge is 2.28. The lowest BCUT2D eigenvalue weighted by molar-refractivity contribution is -0.0514. The van der Waals surface area contributed by atoms with Crippen molar-refractivity contribution in [3.8, 4) is 11.5 Å². The molecule has 10 heteroatoms. The standard InChI is InChI=1S/C20H32F2N4O3.HI/c1-5-28-17-12-15(6-7-16(17)29-18(21)22)13-24-19(23-4)25-14-20(2,3)26-8-10-27-11-9-26;/h6-7,12,18H,5,8-11,13-14H2,1-4H3,(H2,23,24,25);1H. The van der Waals surface area contributed by atoms with E-state index in [9.17, 15) is 8.78 Å². The van der Waals surface area contributed by atoms with E-state index < -0.39 is 6.61 Å². The van der Waals surface area contributed by atoms with Crippen LogP contribution in [0.5, 0.6) is 11.5 Å². The zero-order valence-electron chi connectivity index (χ0n) is 18.0. The summed E-state index contributed by atoms with van der Waals surface area (Å²) < 4.78 is 40.4. The van der Waals surface area contributed by atoms with E-state index in [1.807, 2.05) is 0 Å². The van der Waals surface area contributed by atoms with Gasteiger partial charge in [0.25, 0.3) is 0 Å². The Bertz CT molecular complexity index is 671. The average Bonchev–Trinajstić information content (AvgIpc) is 2.70. The third-order valence-corrected chi connectivity index (χ3v) is 4.76. The van der Waals surface area contributed by atoms with Crippen molar-refractivity contribution >= 4 is 29.9 Å². The number of hydrogen-bond acceptors (Lipinski definition) is 5. The summed E-state index contributed by atoms with van der Waals surface area (Å²) in [5, 5.41) is 6.60. The van der Waals surface area contributed by atoms with Crippen molar-refractivity contribution in [2.75, 3.05) is 46.5 Å². The normalized spacial score (nSPS) is 15.5. The van der Waals surface area contributed by atoms with Gasteiger partial charge in [0, 0.05) is 38.8 Å². The Hall–Kier alpha value is -1.40. The van der Waals surface area contributed by atoms with E-state index in [1.165, 1.54) is 6.07 Å². The summed E-state index contributed by atoms with van der Waals surface area (Å²) in [6, 6.07) is 4.91. The highest BCUT2D eigenvalue weighted by molar-refractivity contribution is 14.0. The van der Waals surface area contributed by atoms with Crippen LogP contribution >= 0.6 is 24.0 Å². The van der Waals surface area contributed by atoms with E-state index in [4.69, 9.17) is 9.47 Å². The first kappa shape index (κ1) is 26.6. The fourth-order valence-electron chi connectivity index (χ4n) is 3.11. The molecule has 172 valence electrons. The van der Waals surface area contributed by atoms with E-state index in [0.29, 0.717) is 24.9 Å². The molecule has 0 aliphatic carbocycles. The summed E-state index contributed by atoms with van der Waals surface area (Å²) in [6.45, 7) is 8.15. The summed E-state index contributed by atoms with van der Waals surface area (Å²) in [5.41, 5.74) is 0.822. The zero-order chi connectivity index (χ0) is 21.3. The van der Waals surface area contributed by atoms with Gasteiger partial charge < -0.3 is 24.8 Å². The second kappa shape index (κ2) is 13.1. The van der Waals surface area contributed by atoms with Gasteiger partial charge in [0.05, 0.1) is 19.8 Å². The van der Waals surface area contributed by atoms with Crippen molar-refractivity contribution in [1.29, 1.82) is 0 Å². The van der Waals surface area contributed by atoms with Crippen LogP contribution in [0.3, 0.4) is 0 Å². The Morgan fingerprint density at radius 3 is 2.53 bits per heavy atom. The molecule has 30 heavy (non-hydrogen) atoms. The molecule has 1 saturated heterocycles. The van der Waals surface area contributed by atoms with Crippen LogP contribution in [0.1, 0.15) is 26.3 Å². The number of nitrogens with one attached hydrogen (secondary N) is 2. The highest BCUT2D eigenvalue weighted by atomic mass is 127. The van der Waals surface area contributed by atoms with E-state index in [-0.39, 0.29) is 35.3 Å². The fourth-order valence-corrected chi connectivity index (χ4v) is 3.11. The van der Waals surface area contributed by atoms with Gasteiger partial charge in [-0.25, -0.2) is 0 Å². The molecular formula is C20H33F2IN4O3. The topological polar surface area (TPSA) is 67.4 Å². The monoisotopic (exact) mass is 542 g/mol. The van der Waals surface area contributed by atoms with Crippen LogP contribution in [-0.2, 0) is 11.3 Å². The van der Waals surface area contributed by atoms with Gasteiger partial charge in [0.1, 0.15) is 0 Å². The maximum Gasteiger partial charge on any atom is 0.387 e. The summed E-state index contributed by atoms with van der Waals surface area (Å²) in [4.78, 5) is 6.66. The van der Waals surface area contributed by atoms with Crippen molar-refractivity contribution in [1.82, 2.24) is 15.5 Å². The fraction of sp³-hybridized carbons (Fsp3) is 0.650. The summed E-state index contributed by atoms with van der Waals surface area (Å²) in [6.07, 6.45) is 0. The predicted molar refractivity (Wildman–Crippen MR) is 124 cm³/mol. The van der Waals surface area contributed by atoms with Crippen LogP contribution in [0.2, 0.25) is 0 Å². The number of benzene rings is 1. The van der Waals surface area contributed by atoms with E-state index in [2.05, 4.69) is 39.1 Å². The molecule has 0 radical (unpaired) electrons. The molecule has 2 rings (SSSR count). The Balaban J connectivity index is 0.00000450. The third-order valence-electron chi connectivity index (χ3n) is 4.76. The van der Waals surface area contributed by atoms with Gasteiger partial charge in [-0.15, -0.1) is 24.0 Å². The first-order valence-corrected chi connectivity index (χ1v) is 9.83. The average molecular weight is 542 g/mol. The lowest BCUT2D eigenvalue weighted by atomic mass is 10.0. The number of alkyl halides is 2. The molecule has 0 spiro atoms. The van der Waals surface area contributed by atoms with Crippen LogP contribution in [0.15, 0.2) is 23.2 Å². The summed E-state index contributed by atoms with van der Waals surface area (Å²) >= 11 is 0. The smallest absolute Gasteiger partial charge is 0.387 e. The molecule has 0 bridgehead atoms. The molecule has 2 N–H and O–H groups in total. The molecule has 0 unspecified atom stereocenters.